The van der Waals surface area contributed by atoms with Gasteiger partial charge in [-0.3, -0.25) is 9.59 Å². The Kier molecular flexibility index (Phi) is 4.89. The molecule has 0 saturated heterocycles. The van der Waals surface area contributed by atoms with Gasteiger partial charge in [-0.05, 0) is 49.8 Å². The van der Waals surface area contributed by atoms with Crippen LogP contribution in [0.25, 0.3) is 10.2 Å². The first kappa shape index (κ1) is 18.6. The number of fused-ring (bicyclic) bond motifs is 3. The molecule has 3 aromatic rings. The van der Waals surface area contributed by atoms with Crippen molar-refractivity contribution in [2.75, 3.05) is 12.4 Å². The van der Waals surface area contributed by atoms with Crippen LogP contribution in [0.5, 0.6) is 5.75 Å². The lowest BCUT2D eigenvalue weighted by atomic mass is 9.89. The van der Waals surface area contributed by atoms with Crippen molar-refractivity contribution in [2.24, 2.45) is 5.92 Å². The Labute approximate surface area is 166 Å². The van der Waals surface area contributed by atoms with Crippen LogP contribution in [-0.4, -0.2) is 28.0 Å². The standard InChI is InChI=1S/C20H22N4O3S/c1-11-8-9-13-16(10-11)28-19-17(13)20(26)24(23-22-19)12(2)18(25)21-14-6-4-5-7-15(14)27-3/h4-7,11-12H,8-10H2,1-3H3,(H,21,25)/t11-,12-/m0/s1. The Bertz CT molecular complexity index is 1100. The number of thiophene rings is 1. The Morgan fingerprint density at radius 3 is 2.96 bits per heavy atom. The normalized spacial score (nSPS) is 17.2. The number of anilines is 1. The third-order valence-electron chi connectivity index (χ3n) is 5.26. The van der Waals surface area contributed by atoms with Crippen LogP contribution in [-0.2, 0) is 17.6 Å². The number of aryl methyl sites for hydroxylation is 1. The summed E-state index contributed by atoms with van der Waals surface area (Å²) < 4.78 is 6.44. The molecule has 2 aromatic heterocycles. The van der Waals surface area contributed by atoms with Crippen LogP contribution < -0.4 is 15.6 Å². The number of methoxy groups -OCH3 is 1. The summed E-state index contributed by atoms with van der Waals surface area (Å²) in [6.45, 7) is 3.87. The van der Waals surface area contributed by atoms with E-state index < -0.39 is 6.04 Å². The molecule has 1 aliphatic rings. The molecule has 1 aromatic carbocycles. The minimum absolute atomic E-state index is 0.250. The van der Waals surface area contributed by atoms with E-state index in [4.69, 9.17) is 4.74 Å². The lowest BCUT2D eigenvalue weighted by molar-refractivity contribution is -0.119. The van der Waals surface area contributed by atoms with Gasteiger partial charge in [-0.15, -0.1) is 16.4 Å². The van der Waals surface area contributed by atoms with Crippen molar-refractivity contribution in [3.8, 4) is 5.75 Å². The van der Waals surface area contributed by atoms with Crippen LogP contribution in [0.3, 0.4) is 0 Å². The molecule has 0 saturated carbocycles. The summed E-state index contributed by atoms with van der Waals surface area (Å²) in [5.74, 6) is 0.817. The first-order valence-corrected chi connectivity index (χ1v) is 10.1. The van der Waals surface area contributed by atoms with Crippen molar-refractivity contribution in [3.05, 3.63) is 45.1 Å². The van der Waals surface area contributed by atoms with Gasteiger partial charge in [0, 0.05) is 4.88 Å². The number of carbonyl (C=O) groups is 1. The number of carbonyl (C=O) groups excluding carboxylic acids is 1. The van der Waals surface area contributed by atoms with Crippen molar-refractivity contribution >= 4 is 33.1 Å². The van der Waals surface area contributed by atoms with E-state index in [9.17, 15) is 9.59 Å². The highest BCUT2D eigenvalue weighted by molar-refractivity contribution is 7.18. The zero-order valence-electron chi connectivity index (χ0n) is 16.1. The maximum atomic E-state index is 13.1. The molecular formula is C20H22N4O3S. The molecule has 1 aliphatic carbocycles. The minimum Gasteiger partial charge on any atom is -0.495 e. The Hall–Kier alpha value is -2.74. The lowest BCUT2D eigenvalue weighted by Crippen LogP contribution is -2.34. The predicted octanol–water partition coefficient (Wildman–Crippen LogP) is 3.19. The maximum absolute atomic E-state index is 13.1. The molecule has 0 radical (unpaired) electrons. The minimum atomic E-state index is -0.799. The fourth-order valence-electron chi connectivity index (χ4n) is 3.62. The number of benzene rings is 1. The van der Waals surface area contributed by atoms with E-state index in [1.54, 1.807) is 43.6 Å². The number of amides is 1. The van der Waals surface area contributed by atoms with Gasteiger partial charge in [-0.2, -0.15) is 4.68 Å². The SMILES string of the molecule is COc1ccccc1NC(=O)[C@H](C)n1nnc2sc3c(c2c1=O)CC[C@H](C)C3. The average Bonchev–Trinajstić information content (AvgIpc) is 3.06. The molecule has 8 heteroatoms. The highest BCUT2D eigenvalue weighted by Gasteiger charge is 2.26. The van der Waals surface area contributed by atoms with Gasteiger partial charge in [0.1, 0.15) is 11.8 Å². The van der Waals surface area contributed by atoms with E-state index >= 15 is 0 Å². The molecule has 2 atom stereocenters. The quantitative estimate of drug-likeness (QED) is 0.729. The number of hydrogen-bond donors (Lipinski definition) is 1. The monoisotopic (exact) mass is 398 g/mol. The summed E-state index contributed by atoms with van der Waals surface area (Å²) >= 11 is 1.55. The fraction of sp³-hybridized carbons (Fsp3) is 0.400. The molecule has 0 fully saturated rings. The number of nitrogens with one attached hydrogen (secondary N) is 1. The number of rotatable bonds is 4. The fourth-order valence-corrected chi connectivity index (χ4v) is 4.94. The second-order valence-corrected chi connectivity index (χ2v) is 8.32. The van der Waals surface area contributed by atoms with Gasteiger partial charge in [0.15, 0.2) is 4.83 Å². The van der Waals surface area contributed by atoms with Crippen LogP contribution in [0.15, 0.2) is 29.1 Å². The zero-order chi connectivity index (χ0) is 19.8. The van der Waals surface area contributed by atoms with Gasteiger partial charge < -0.3 is 10.1 Å². The summed E-state index contributed by atoms with van der Waals surface area (Å²) in [6, 6.07) is 6.34. The van der Waals surface area contributed by atoms with Gasteiger partial charge in [0.25, 0.3) is 5.56 Å². The van der Waals surface area contributed by atoms with Crippen LogP contribution in [0, 0.1) is 5.92 Å². The lowest BCUT2D eigenvalue weighted by Gasteiger charge is -2.18. The topological polar surface area (TPSA) is 86.1 Å². The highest BCUT2D eigenvalue weighted by atomic mass is 32.1. The second-order valence-electron chi connectivity index (χ2n) is 7.24. The van der Waals surface area contributed by atoms with Crippen molar-refractivity contribution in [2.45, 2.75) is 39.2 Å². The molecule has 4 rings (SSSR count). The van der Waals surface area contributed by atoms with Gasteiger partial charge in [-0.25, -0.2) is 0 Å². The smallest absolute Gasteiger partial charge is 0.279 e. The number of hydrogen-bond acceptors (Lipinski definition) is 6. The summed E-state index contributed by atoms with van der Waals surface area (Å²) in [6.07, 6.45) is 2.91. The number of para-hydroxylation sites is 2. The van der Waals surface area contributed by atoms with Crippen molar-refractivity contribution < 1.29 is 9.53 Å². The average molecular weight is 398 g/mol. The van der Waals surface area contributed by atoms with Gasteiger partial charge >= 0.3 is 0 Å². The molecule has 0 unspecified atom stereocenters. The number of ether oxygens (including phenoxy) is 1. The molecule has 0 aliphatic heterocycles. The van der Waals surface area contributed by atoms with E-state index in [0.29, 0.717) is 27.6 Å². The summed E-state index contributed by atoms with van der Waals surface area (Å²) in [5, 5.41) is 11.7. The zero-order valence-corrected chi connectivity index (χ0v) is 16.9. The second kappa shape index (κ2) is 7.35. The third kappa shape index (κ3) is 3.17. The Balaban J connectivity index is 1.68. The largest absolute Gasteiger partial charge is 0.495 e. The summed E-state index contributed by atoms with van der Waals surface area (Å²) in [4.78, 5) is 27.8. The van der Waals surface area contributed by atoms with E-state index in [1.807, 2.05) is 6.07 Å². The van der Waals surface area contributed by atoms with E-state index in [0.717, 1.165) is 24.8 Å². The van der Waals surface area contributed by atoms with E-state index in [1.165, 1.54) is 9.56 Å². The first-order valence-electron chi connectivity index (χ1n) is 9.33. The summed E-state index contributed by atoms with van der Waals surface area (Å²) in [5.41, 5.74) is 1.38. The highest BCUT2D eigenvalue weighted by Crippen LogP contribution is 2.35. The molecule has 1 N–H and O–H groups in total. The van der Waals surface area contributed by atoms with Crippen molar-refractivity contribution in [1.29, 1.82) is 0 Å². The molecule has 28 heavy (non-hydrogen) atoms. The van der Waals surface area contributed by atoms with Crippen molar-refractivity contribution in [3.63, 3.8) is 0 Å². The third-order valence-corrected chi connectivity index (χ3v) is 6.40. The molecule has 7 nitrogen and oxygen atoms in total. The molecule has 0 spiro atoms. The van der Waals surface area contributed by atoms with Gasteiger partial charge in [0.2, 0.25) is 5.91 Å². The van der Waals surface area contributed by atoms with E-state index in [-0.39, 0.29) is 11.5 Å². The van der Waals surface area contributed by atoms with Crippen LogP contribution in [0.4, 0.5) is 5.69 Å². The molecule has 146 valence electrons. The molecular weight excluding hydrogens is 376 g/mol. The summed E-state index contributed by atoms with van der Waals surface area (Å²) in [7, 11) is 1.54. The molecule has 2 heterocycles. The van der Waals surface area contributed by atoms with Crippen LogP contribution in [0.2, 0.25) is 0 Å². The number of aromatic nitrogens is 3. The first-order chi connectivity index (χ1) is 13.5. The van der Waals surface area contributed by atoms with Crippen LogP contribution in [0.1, 0.15) is 36.8 Å². The predicted molar refractivity (Wildman–Crippen MR) is 109 cm³/mol. The Morgan fingerprint density at radius 1 is 1.39 bits per heavy atom. The van der Waals surface area contributed by atoms with Crippen molar-refractivity contribution in [1.82, 2.24) is 15.0 Å². The van der Waals surface area contributed by atoms with E-state index in [2.05, 4.69) is 22.6 Å². The maximum Gasteiger partial charge on any atom is 0.279 e. The number of nitrogens with zero attached hydrogens (tertiary/aromatic N) is 3. The molecule has 0 bridgehead atoms. The van der Waals surface area contributed by atoms with Gasteiger partial charge in [0.05, 0.1) is 18.2 Å². The van der Waals surface area contributed by atoms with Crippen LogP contribution >= 0.6 is 11.3 Å². The Morgan fingerprint density at radius 2 is 2.18 bits per heavy atom. The molecule has 1 amide bonds. The van der Waals surface area contributed by atoms with Gasteiger partial charge in [-0.1, -0.05) is 24.3 Å².